The fourth-order valence-corrected chi connectivity index (χ4v) is 2.88. The van der Waals surface area contributed by atoms with Crippen molar-refractivity contribution in [2.24, 2.45) is 5.73 Å². The van der Waals surface area contributed by atoms with Gasteiger partial charge in [0, 0.05) is 29.1 Å². The minimum absolute atomic E-state index is 0.128. The molecule has 1 unspecified atom stereocenters. The van der Waals surface area contributed by atoms with Gasteiger partial charge in [0.25, 0.3) is 0 Å². The van der Waals surface area contributed by atoms with E-state index in [-0.39, 0.29) is 17.4 Å². The Bertz CT molecular complexity index is 461. The zero-order chi connectivity index (χ0) is 14.8. The van der Waals surface area contributed by atoms with Gasteiger partial charge in [-0.3, -0.25) is 4.90 Å². The van der Waals surface area contributed by atoms with Crippen LogP contribution in [0.15, 0.2) is 22.7 Å². The first-order valence-corrected chi connectivity index (χ1v) is 7.73. The van der Waals surface area contributed by atoms with Gasteiger partial charge in [-0.15, -0.1) is 0 Å². The van der Waals surface area contributed by atoms with Crippen molar-refractivity contribution >= 4 is 15.9 Å². The van der Waals surface area contributed by atoms with Gasteiger partial charge >= 0.3 is 0 Å². The minimum Gasteiger partial charge on any atom is -0.379 e. The molecule has 5 heteroatoms. The predicted octanol–water partition coefficient (Wildman–Crippen LogP) is 2.57. The van der Waals surface area contributed by atoms with Crippen molar-refractivity contribution in [3.8, 4) is 0 Å². The summed E-state index contributed by atoms with van der Waals surface area (Å²) in [6.45, 7) is 7.48. The summed E-state index contributed by atoms with van der Waals surface area (Å²) < 4.78 is 20.0. The maximum atomic E-state index is 13.9. The highest BCUT2D eigenvalue weighted by Crippen LogP contribution is 2.24. The Hall–Kier alpha value is -0.490. The third kappa shape index (κ3) is 3.58. The Morgan fingerprint density at radius 1 is 1.40 bits per heavy atom. The molecule has 20 heavy (non-hydrogen) atoms. The van der Waals surface area contributed by atoms with Crippen molar-refractivity contribution in [2.45, 2.75) is 31.8 Å². The highest BCUT2D eigenvalue weighted by molar-refractivity contribution is 9.10. The molecular formula is C15H22BrFN2O. The Kier molecular flexibility index (Phi) is 5.18. The van der Waals surface area contributed by atoms with Crippen molar-refractivity contribution in [1.29, 1.82) is 0 Å². The van der Waals surface area contributed by atoms with Crippen molar-refractivity contribution in [2.75, 3.05) is 26.3 Å². The van der Waals surface area contributed by atoms with E-state index in [0.29, 0.717) is 12.0 Å². The number of hydrogen-bond donors (Lipinski definition) is 1. The van der Waals surface area contributed by atoms with E-state index in [2.05, 4.69) is 34.7 Å². The van der Waals surface area contributed by atoms with Crippen LogP contribution in [0.3, 0.4) is 0 Å². The number of halogens is 2. The number of hydrogen-bond acceptors (Lipinski definition) is 3. The minimum atomic E-state index is -0.201. The molecule has 1 aromatic carbocycles. The van der Waals surface area contributed by atoms with E-state index in [1.54, 1.807) is 6.07 Å². The van der Waals surface area contributed by atoms with Crippen LogP contribution in [-0.2, 0) is 11.2 Å². The van der Waals surface area contributed by atoms with Crippen LogP contribution in [0.1, 0.15) is 19.4 Å². The van der Waals surface area contributed by atoms with Gasteiger partial charge in [0.15, 0.2) is 0 Å². The number of nitrogens with zero attached hydrogens (tertiary/aromatic N) is 1. The lowest BCUT2D eigenvalue weighted by Crippen LogP contribution is -2.59. The molecule has 1 aliphatic heterocycles. The van der Waals surface area contributed by atoms with Crippen LogP contribution in [0.4, 0.5) is 4.39 Å². The lowest BCUT2D eigenvalue weighted by atomic mass is 9.87. The largest absolute Gasteiger partial charge is 0.379 e. The van der Waals surface area contributed by atoms with Crippen LogP contribution >= 0.6 is 15.9 Å². The van der Waals surface area contributed by atoms with E-state index in [4.69, 9.17) is 10.5 Å². The Balaban J connectivity index is 2.07. The normalized spacial score (nSPS) is 19.1. The average Bonchev–Trinajstić information content (AvgIpc) is 2.42. The van der Waals surface area contributed by atoms with Crippen molar-refractivity contribution in [3.05, 3.63) is 34.1 Å². The first-order chi connectivity index (χ1) is 9.41. The molecule has 1 saturated heterocycles. The molecule has 3 nitrogen and oxygen atoms in total. The Labute approximate surface area is 128 Å². The van der Waals surface area contributed by atoms with Gasteiger partial charge in [-0.05, 0) is 38.0 Å². The number of ether oxygens (including phenoxy) is 1. The van der Waals surface area contributed by atoms with Gasteiger partial charge in [-0.2, -0.15) is 0 Å². The highest BCUT2D eigenvalue weighted by atomic mass is 79.9. The van der Waals surface area contributed by atoms with Crippen molar-refractivity contribution in [3.63, 3.8) is 0 Å². The molecule has 0 saturated carbocycles. The SMILES string of the molecule is CC(C)(C(N)Cc1ccc(Br)cc1F)N1CCOCC1. The van der Waals surface area contributed by atoms with Gasteiger partial charge in [-0.1, -0.05) is 22.0 Å². The lowest BCUT2D eigenvalue weighted by Gasteiger charge is -2.44. The smallest absolute Gasteiger partial charge is 0.127 e. The second-order valence-electron chi connectivity index (χ2n) is 5.80. The summed E-state index contributed by atoms with van der Waals surface area (Å²) in [5.41, 5.74) is 6.85. The summed E-state index contributed by atoms with van der Waals surface area (Å²) in [6, 6.07) is 5.02. The average molecular weight is 345 g/mol. The van der Waals surface area contributed by atoms with Crippen molar-refractivity contribution < 1.29 is 9.13 Å². The molecule has 112 valence electrons. The molecule has 0 radical (unpaired) electrons. The van der Waals surface area contributed by atoms with Gasteiger partial charge in [-0.25, -0.2) is 4.39 Å². The van der Waals surface area contributed by atoms with Gasteiger partial charge in [0.05, 0.1) is 13.2 Å². The van der Waals surface area contributed by atoms with Crippen LogP contribution in [0.25, 0.3) is 0 Å². The van der Waals surface area contributed by atoms with Gasteiger partial charge < -0.3 is 10.5 Å². The Morgan fingerprint density at radius 3 is 2.65 bits per heavy atom. The lowest BCUT2D eigenvalue weighted by molar-refractivity contribution is -0.0186. The topological polar surface area (TPSA) is 38.5 Å². The summed E-state index contributed by atoms with van der Waals surface area (Å²) in [7, 11) is 0. The summed E-state index contributed by atoms with van der Waals surface area (Å²) in [5, 5.41) is 0. The third-order valence-corrected chi connectivity index (χ3v) is 4.68. The van der Waals surface area contributed by atoms with E-state index < -0.39 is 0 Å². The summed E-state index contributed by atoms with van der Waals surface area (Å²) in [5.74, 6) is -0.201. The second-order valence-corrected chi connectivity index (χ2v) is 6.72. The zero-order valence-electron chi connectivity index (χ0n) is 12.0. The molecular weight excluding hydrogens is 323 g/mol. The molecule has 1 fully saturated rings. The van der Waals surface area contributed by atoms with E-state index in [1.807, 2.05) is 6.07 Å². The standard InChI is InChI=1S/C15H22BrFN2O/c1-15(2,19-5-7-20-8-6-19)14(18)9-11-3-4-12(16)10-13(11)17/h3-4,10,14H,5-9,18H2,1-2H3. The first kappa shape index (κ1) is 15.9. The molecule has 0 spiro atoms. The van der Waals surface area contributed by atoms with Gasteiger partial charge in [0.2, 0.25) is 0 Å². The van der Waals surface area contributed by atoms with E-state index in [9.17, 15) is 4.39 Å². The third-order valence-electron chi connectivity index (χ3n) is 4.19. The molecule has 1 aliphatic rings. The molecule has 2 N–H and O–H groups in total. The summed E-state index contributed by atoms with van der Waals surface area (Å²) >= 11 is 3.27. The maximum Gasteiger partial charge on any atom is 0.127 e. The van der Waals surface area contributed by atoms with Crippen LogP contribution in [-0.4, -0.2) is 42.8 Å². The Morgan fingerprint density at radius 2 is 2.05 bits per heavy atom. The molecule has 0 aromatic heterocycles. The van der Waals surface area contributed by atoms with Crippen molar-refractivity contribution in [1.82, 2.24) is 4.90 Å². The number of morpholine rings is 1. The number of benzene rings is 1. The summed E-state index contributed by atoms with van der Waals surface area (Å²) in [6.07, 6.45) is 0.531. The van der Waals surface area contributed by atoms with E-state index in [0.717, 1.165) is 30.8 Å². The summed E-state index contributed by atoms with van der Waals surface area (Å²) in [4.78, 5) is 2.33. The molecule has 1 aromatic rings. The monoisotopic (exact) mass is 344 g/mol. The first-order valence-electron chi connectivity index (χ1n) is 6.93. The molecule has 2 rings (SSSR count). The number of nitrogens with two attached hydrogens (primary N) is 1. The highest BCUT2D eigenvalue weighted by Gasteiger charge is 2.34. The van der Waals surface area contributed by atoms with Gasteiger partial charge in [0.1, 0.15) is 5.82 Å². The van der Waals surface area contributed by atoms with E-state index in [1.165, 1.54) is 6.07 Å². The molecule has 0 bridgehead atoms. The fraction of sp³-hybridized carbons (Fsp3) is 0.600. The quantitative estimate of drug-likeness (QED) is 0.912. The van der Waals surface area contributed by atoms with Crippen LogP contribution in [0, 0.1) is 5.82 Å². The zero-order valence-corrected chi connectivity index (χ0v) is 13.6. The molecule has 1 atom stereocenters. The maximum absolute atomic E-state index is 13.9. The van der Waals surface area contributed by atoms with Crippen LogP contribution in [0.5, 0.6) is 0 Å². The predicted molar refractivity (Wildman–Crippen MR) is 82.3 cm³/mol. The number of rotatable bonds is 4. The second kappa shape index (κ2) is 6.52. The van der Waals surface area contributed by atoms with E-state index >= 15 is 0 Å². The molecule has 1 heterocycles. The fourth-order valence-electron chi connectivity index (χ4n) is 2.55. The van der Waals surface area contributed by atoms with Crippen LogP contribution in [0.2, 0.25) is 0 Å². The molecule has 0 amide bonds. The molecule has 0 aliphatic carbocycles. The van der Waals surface area contributed by atoms with Crippen LogP contribution < -0.4 is 5.73 Å².